The van der Waals surface area contributed by atoms with Gasteiger partial charge < -0.3 is 0 Å². The predicted octanol–water partition coefficient (Wildman–Crippen LogP) is 3.95. The van der Waals surface area contributed by atoms with Gasteiger partial charge in [0.1, 0.15) is 17.5 Å². The van der Waals surface area contributed by atoms with Gasteiger partial charge in [0.2, 0.25) is 0 Å². The third kappa shape index (κ3) is 2.67. The molecule has 0 saturated heterocycles. The zero-order valence-corrected chi connectivity index (χ0v) is 10.4. The zero-order valence-electron chi connectivity index (χ0n) is 10.4. The molecule has 0 heterocycles. The third-order valence-electron chi connectivity index (χ3n) is 2.82. The van der Waals surface area contributed by atoms with Gasteiger partial charge in [-0.1, -0.05) is 0 Å². The van der Waals surface area contributed by atoms with E-state index in [0.717, 1.165) is 12.1 Å². The molecule has 0 aliphatic heterocycles. The Morgan fingerprint density at radius 1 is 0.789 bits per heavy atom. The first-order valence-electron chi connectivity index (χ1n) is 5.66. The zero-order chi connectivity index (χ0) is 14.2. The molecule has 0 radical (unpaired) electrons. The molecule has 0 aromatic heterocycles. The molecule has 0 aliphatic carbocycles. The van der Waals surface area contributed by atoms with E-state index in [1.807, 2.05) is 0 Å². The fourth-order valence-electron chi connectivity index (χ4n) is 1.93. The van der Waals surface area contributed by atoms with Crippen molar-refractivity contribution in [1.82, 2.24) is 0 Å². The van der Waals surface area contributed by atoms with E-state index in [4.69, 9.17) is 0 Å². The van der Waals surface area contributed by atoms with Gasteiger partial charge in [0.25, 0.3) is 0 Å². The topological polar surface area (TPSA) is 17.1 Å². The molecule has 2 aromatic rings. The van der Waals surface area contributed by atoms with Crippen LogP contribution in [-0.4, -0.2) is 5.78 Å². The van der Waals surface area contributed by atoms with Crippen molar-refractivity contribution in [1.29, 1.82) is 0 Å². The molecule has 0 spiro atoms. The molecule has 0 saturated carbocycles. The Kier molecular flexibility index (Phi) is 3.42. The van der Waals surface area contributed by atoms with Crippen LogP contribution in [0.2, 0.25) is 0 Å². The Morgan fingerprint density at radius 2 is 1.21 bits per heavy atom. The third-order valence-corrected chi connectivity index (χ3v) is 2.82. The molecule has 1 nitrogen and oxygen atoms in total. The summed E-state index contributed by atoms with van der Waals surface area (Å²) in [6, 6.07) is 5.35. The van der Waals surface area contributed by atoms with Gasteiger partial charge in [0.15, 0.2) is 5.78 Å². The maximum atomic E-state index is 13.5. The molecule has 0 atom stereocenters. The lowest BCUT2D eigenvalue weighted by molar-refractivity contribution is 0.103. The van der Waals surface area contributed by atoms with Crippen LogP contribution in [-0.2, 0) is 0 Å². The standard InChI is InChI=1S/C15H11F3O/c1-8-3-10(4-9(2)14(8)18)15(19)11-5-12(16)7-13(17)6-11/h3-7H,1-2H3. The van der Waals surface area contributed by atoms with Crippen LogP contribution in [0.5, 0.6) is 0 Å². The van der Waals surface area contributed by atoms with Crippen LogP contribution in [0.25, 0.3) is 0 Å². The average molecular weight is 264 g/mol. The van der Waals surface area contributed by atoms with Gasteiger partial charge in [0, 0.05) is 17.2 Å². The van der Waals surface area contributed by atoms with Gasteiger partial charge in [-0.2, -0.15) is 0 Å². The van der Waals surface area contributed by atoms with Gasteiger partial charge in [-0.15, -0.1) is 0 Å². The first-order valence-corrected chi connectivity index (χ1v) is 5.66. The highest BCUT2D eigenvalue weighted by atomic mass is 19.1. The number of carbonyl (C=O) groups excluding carboxylic acids is 1. The van der Waals surface area contributed by atoms with E-state index in [1.54, 1.807) is 0 Å². The first-order chi connectivity index (χ1) is 8.88. The molecule has 4 heteroatoms. The summed E-state index contributed by atoms with van der Waals surface area (Å²) in [6.45, 7) is 3.07. The Hall–Kier alpha value is -2.10. The largest absolute Gasteiger partial charge is 0.289 e. The molecule has 0 N–H and O–H groups in total. The summed E-state index contributed by atoms with van der Waals surface area (Å²) in [6.07, 6.45) is 0. The number of hydrogen-bond acceptors (Lipinski definition) is 1. The van der Waals surface area contributed by atoms with Crippen molar-refractivity contribution >= 4 is 5.78 Å². The van der Waals surface area contributed by atoms with Gasteiger partial charge in [0.05, 0.1) is 0 Å². The Balaban J connectivity index is 2.50. The number of aryl methyl sites for hydroxylation is 2. The maximum absolute atomic E-state index is 13.5. The van der Waals surface area contributed by atoms with E-state index >= 15 is 0 Å². The van der Waals surface area contributed by atoms with E-state index in [-0.39, 0.29) is 16.9 Å². The van der Waals surface area contributed by atoms with Crippen molar-refractivity contribution in [3.63, 3.8) is 0 Å². The Morgan fingerprint density at radius 3 is 1.68 bits per heavy atom. The lowest BCUT2D eigenvalue weighted by Gasteiger charge is -2.06. The molecule has 2 aromatic carbocycles. The summed E-state index contributed by atoms with van der Waals surface area (Å²) in [7, 11) is 0. The van der Waals surface area contributed by atoms with Crippen LogP contribution in [0.4, 0.5) is 13.2 Å². The fraction of sp³-hybridized carbons (Fsp3) is 0.133. The highest BCUT2D eigenvalue weighted by Gasteiger charge is 2.14. The van der Waals surface area contributed by atoms with E-state index in [1.165, 1.54) is 26.0 Å². The highest BCUT2D eigenvalue weighted by molar-refractivity contribution is 6.09. The second-order valence-corrected chi connectivity index (χ2v) is 4.41. The second-order valence-electron chi connectivity index (χ2n) is 4.41. The number of rotatable bonds is 2. The Bertz CT molecular complexity index is 619. The van der Waals surface area contributed by atoms with Gasteiger partial charge in [-0.25, -0.2) is 13.2 Å². The van der Waals surface area contributed by atoms with E-state index in [2.05, 4.69) is 0 Å². The van der Waals surface area contributed by atoms with Crippen LogP contribution in [0.15, 0.2) is 30.3 Å². The highest BCUT2D eigenvalue weighted by Crippen LogP contribution is 2.19. The van der Waals surface area contributed by atoms with Crippen molar-refractivity contribution in [3.05, 3.63) is 70.0 Å². The molecule has 0 aliphatic rings. The smallest absolute Gasteiger partial charge is 0.193 e. The molecular formula is C15H11F3O. The fourth-order valence-corrected chi connectivity index (χ4v) is 1.93. The summed E-state index contributed by atoms with van der Waals surface area (Å²) >= 11 is 0. The van der Waals surface area contributed by atoms with Crippen LogP contribution in [0.3, 0.4) is 0 Å². The monoisotopic (exact) mass is 264 g/mol. The quantitative estimate of drug-likeness (QED) is 0.750. The minimum absolute atomic E-state index is 0.0945. The predicted molar refractivity (Wildman–Crippen MR) is 65.7 cm³/mol. The number of carbonyl (C=O) groups is 1. The minimum atomic E-state index is -0.820. The van der Waals surface area contributed by atoms with Crippen molar-refractivity contribution in [2.45, 2.75) is 13.8 Å². The normalized spacial score (nSPS) is 10.6. The average Bonchev–Trinajstić information content (AvgIpc) is 2.33. The van der Waals surface area contributed by atoms with Gasteiger partial charge >= 0.3 is 0 Å². The molecule has 19 heavy (non-hydrogen) atoms. The molecular weight excluding hydrogens is 253 g/mol. The minimum Gasteiger partial charge on any atom is -0.289 e. The van der Waals surface area contributed by atoms with Crippen LogP contribution in [0.1, 0.15) is 27.0 Å². The number of ketones is 1. The number of halogens is 3. The van der Waals surface area contributed by atoms with Gasteiger partial charge in [-0.05, 0) is 49.2 Å². The lowest BCUT2D eigenvalue weighted by atomic mass is 9.99. The Labute approximate surface area is 108 Å². The molecule has 0 bridgehead atoms. The van der Waals surface area contributed by atoms with Crippen LogP contribution >= 0.6 is 0 Å². The van der Waals surface area contributed by atoms with E-state index in [9.17, 15) is 18.0 Å². The molecule has 2 rings (SSSR count). The molecule has 98 valence electrons. The summed E-state index contributed by atoms with van der Waals surface area (Å²) < 4.78 is 39.6. The summed E-state index contributed by atoms with van der Waals surface area (Å²) in [5.74, 6) is -2.57. The summed E-state index contributed by atoms with van der Waals surface area (Å²) in [4.78, 5) is 12.1. The van der Waals surface area contributed by atoms with Gasteiger partial charge in [-0.3, -0.25) is 4.79 Å². The summed E-state index contributed by atoms with van der Waals surface area (Å²) in [5, 5.41) is 0. The first kappa shape index (κ1) is 13.3. The summed E-state index contributed by atoms with van der Waals surface area (Å²) in [5.41, 5.74) is 0.754. The van der Waals surface area contributed by atoms with Crippen LogP contribution in [0, 0.1) is 31.3 Å². The SMILES string of the molecule is Cc1cc(C(=O)c2cc(F)cc(F)c2)cc(C)c1F. The lowest BCUT2D eigenvalue weighted by Crippen LogP contribution is -2.05. The number of benzene rings is 2. The van der Waals surface area contributed by atoms with E-state index in [0.29, 0.717) is 17.2 Å². The van der Waals surface area contributed by atoms with Crippen LogP contribution < -0.4 is 0 Å². The van der Waals surface area contributed by atoms with Crippen molar-refractivity contribution in [2.24, 2.45) is 0 Å². The molecule has 0 unspecified atom stereocenters. The maximum Gasteiger partial charge on any atom is 0.193 e. The second kappa shape index (κ2) is 4.88. The van der Waals surface area contributed by atoms with Crippen molar-refractivity contribution < 1.29 is 18.0 Å². The van der Waals surface area contributed by atoms with Crippen molar-refractivity contribution in [3.8, 4) is 0 Å². The molecule has 0 fully saturated rings. The van der Waals surface area contributed by atoms with Crippen molar-refractivity contribution in [2.75, 3.05) is 0 Å². The number of hydrogen-bond donors (Lipinski definition) is 0. The molecule has 0 amide bonds. The van der Waals surface area contributed by atoms with E-state index < -0.39 is 17.4 Å².